The predicted octanol–water partition coefficient (Wildman–Crippen LogP) is 1.03. The van der Waals surface area contributed by atoms with Crippen molar-refractivity contribution in [2.24, 2.45) is 0 Å². The number of rotatable bonds is 4. The number of pyridine rings is 1. The molecule has 7 heteroatoms. The van der Waals surface area contributed by atoms with Crippen LogP contribution in [0.3, 0.4) is 0 Å². The molecule has 0 unspecified atom stereocenters. The van der Waals surface area contributed by atoms with E-state index < -0.39 is 0 Å². The number of morpholine rings is 1. The summed E-state index contributed by atoms with van der Waals surface area (Å²) in [4.78, 5) is 20.4. The van der Waals surface area contributed by atoms with Crippen molar-refractivity contribution in [3.8, 4) is 0 Å². The van der Waals surface area contributed by atoms with Gasteiger partial charge in [-0.1, -0.05) is 6.07 Å². The summed E-state index contributed by atoms with van der Waals surface area (Å²) in [6.45, 7) is 8.25. The molecular weight excluding hydrogens is 316 g/mol. The van der Waals surface area contributed by atoms with Gasteiger partial charge in [0.25, 0.3) is 0 Å². The average molecular weight is 340 g/mol. The van der Waals surface area contributed by atoms with Crippen molar-refractivity contribution in [2.45, 2.75) is 6.54 Å². The third-order valence-corrected chi connectivity index (χ3v) is 4.78. The van der Waals surface area contributed by atoms with Crippen LogP contribution in [0.1, 0.15) is 5.69 Å². The van der Waals surface area contributed by atoms with Crippen LogP contribution in [0.5, 0.6) is 0 Å². The third-order valence-electron chi connectivity index (χ3n) is 4.78. The molecule has 2 aliphatic heterocycles. The van der Waals surface area contributed by atoms with Crippen molar-refractivity contribution < 1.29 is 4.74 Å². The van der Waals surface area contributed by atoms with E-state index in [4.69, 9.17) is 4.74 Å². The van der Waals surface area contributed by atoms with Gasteiger partial charge in [-0.3, -0.25) is 9.88 Å². The van der Waals surface area contributed by atoms with E-state index in [1.807, 2.05) is 18.3 Å². The molecule has 2 aromatic heterocycles. The highest BCUT2D eigenvalue weighted by molar-refractivity contribution is 5.50. The van der Waals surface area contributed by atoms with E-state index in [9.17, 15) is 0 Å². The molecule has 0 N–H and O–H groups in total. The number of nitrogens with zero attached hydrogens (tertiary/aromatic N) is 6. The fourth-order valence-corrected chi connectivity index (χ4v) is 3.33. The van der Waals surface area contributed by atoms with Crippen LogP contribution >= 0.6 is 0 Å². The van der Waals surface area contributed by atoms with E-state index in [-0.39, 0.29) is 0 Å². The predicted molar refractivity (Wildman–Crippen MR) is 96.8 cm³/mol. The zero-order valence-electron chi connectivity index (χ0n) is 14.4. The summed E-state index contributed by atoms with van der Waals surface area (Å²) in [7, 11) is 0. The van der Waals surface area contributed by atoms with Gasteiger partial charge in [-0.2, -0.15) is 0 Å². The second kappa shape index (κ2) is 7.76. The molecule has 7 nitrogen and oxygen atoms in total. The van der Waals surface area contributed by atoms with Gasteiger partial charge in [-0.05, 0) is 12.1 Å². The van der Waals surface area contributed by atoms with Gasteiger partial charge in [-0.25, -0.2) is 9.97 Å². The van der Waals surface area contributed by atoms with Crippen molar-refractivity contribution in [2.75, 3.05) is 62.3 Å². The summed E-state index contributed by atoms with van der Waals surface area (Å²) < 4.78 is 5.42. The Morgan fingerprint density at radius 1 is 0.840 bits per heavy atom. The highest BCUT2D eigenvalue weighted by Crippen LogP contribution is 2.20. The molecular formula is C18H24N6O. The van der Waals surface area contributed by atoms with Crippen LogP contribution < -0.4 is 9.80 Å². The Kier molecular flexibility index (Phi) is 5.03. The van der Waals surface area contributed by atoms with Crippen LogP contribution in [0, 0.1) is 0 Å². The zero-order chi connectivity index (χ0) is 16.9. The summed E-state index contributed by atoms with van der Waals surface area (Å²) in [6.07, 6.45) is 3.54. The Morgan fingerprint density at radius 2 is 1.56 bits per heavy atom. The molecule has 0 radical (unpaired) electrons. The van der Waals surface area contributed by atoms with E-state index in [1.165, 1.54) is 0 Å². The first-order chi connectivity index (χ1) is 12.4. The SMILES string of the molecule is c1ccc(CN2CCN(c3cc(N4CCOCC4)ncn3)CC2)nc1. The van der Waals surface area contributed by atoms with Crippen LogP contribution in [-0.4, -0.2) is 72.3 Å². The molecule has 2 aliphatic rings. The molecule has 132 valence electrons. The molecule has 2 saturated heterocycles. The zero-order valence-corrected chi connectivity index (χ0v) is 14.4. The molecule has 0 aromatic carbocycles. The number of hydrogen-bond acceptors (Lipinski definition) is 7. The van der Waals surface area contributed by atoms with E-state index in [0.29, 0.717) is 0 Å². The molecule has 0 spiro atoms. The Balaban J connectivity index is 1.36. The van der Waals surface area contributed by atoms with E-state index >= 15 is 0 Å². The Hall–Kier alpha value is -2.25. The summed E-state index contributed by atoms with van der Waals surface area (Å²) in [6, 6.07) is 8.21. The van der Waals surface area contributed by atoms with Gasteiger partial charge in [0, 0.05) is 58.1 Å². The standard InChI is InChI=1S/C18H24N6O/c1-2-4-19-16(3-1)14-22-5-7-23(8-6-22)17-13-18(21-15-20-17)24-9-11-25-12-10-24/h1-4,13,15H,5-12,14H2. The lowest BCUT2D eigenvalue weighted by Gasteiger charge is -2.35. The second-order valence-corrected chi connectivity index (χ2v) is 6.42. The summed E-state index contributed by atoms with van der Waals surface area (Å²) >= 11 is 0. The van der Waals surface area contributed by atoms with Crippen LogP contribution in [0.2, 0.25) is 0 Å². The maximum absolute atomic E-state index is 5.42. The third kappa shape index (κ3) is 4.05. The molecule has 0 atom stereocenters. The molecule has 0 aliphatic carbocycles. The maximum atomic E-state index is 5.42. The Labute approximate surface area is 148 Å². The minimum absolute atomic E-state index is 0.769. The molecule has 2 fully saturated rings. The minimum atomic E-state index is 0.769. The summed E-state index contributed by atoms with van der Waals surface area (Å²) in [5.74, 6) is 2.03. The van der Waals surface area contributed by atoms with Gasteiger partial charge in [0.2, 0.25) is 0 Å². The molecule has 25 heavy (non-hydrogen) atoms. The number of hydrogen-bond donors (Lipinski definition) is 0. The largest absolute Gasteiger partial charge is 0.378 e. The van der Waals surface area contributed by atoms with Crippen molar-refractivity contribution in [3.05, 3.63) is 42.5 Å². The summed E-state index contributed by atoms with van der Waals surface area (Å²) in [5, 5.41) is 0. The normalized spacial score (nSPS) is 19.2. The van der Waals surface area contributed by atoms with E-state index in [0.717, 1.165) is 76.4 Å². The molecule has 0 saturated carbocycles. The average Bonchev–Trinajstić information content (AvgIpc) is 2.70. The lowest BCUT2D eigenvalue weighted by Crippen LogP contribution is -2.46. The first-order valence-electron chi connectivity index (χ1n) is 8.90. The van der Waals surface area contributed by atoms with Gasteiger partial charge in [0.05, 0.1) is 18.9 Å². The first-order valence-corrected chi connectivity index (χ1v) is 8.90. The fourth-order valence-electron chi connectivity index (χ4n) is 3.33. The molecule has 2 aromatic rings. The van der Waals surface area contributed by atoms with Crippen LogP contribution in [-0.2, 0) is 11.3 Å². The van der Waals surface area contributed by atoms with Crippen LogP contribution in [0.15, 0.2) is 36.8 Å². The second-order valence-electron chi connectivity index (χ2n) is 6.42. The van der Waals surface area contributed by atoms with E-state index in [1.54, 1.807) is 6.33 Å². The first kappa shape index (κ1) is 16.2. The molecule has 4 heterocycles. The summed E-state index contributed by atoms with van der Waals surface area (Å²) in [5.41, 5.74) is 1.13. The number of anilines is 2. The number of ether oxygens (including phenoxy) is 1. The molecule has 0 bridgehead atoms. The number of piperazine rings is 1. The van der Waals surface area contributed by atoms with Crippen molar-refractivity contribution in [1.29, 1.82) is 0 Å². The van der Waals surface area contributed by atoms with Gasteiger partial charge in [0.1, 0.15) is 18.0 Å². The fraction of sp³-hybridized carbons (Fsp3) is 0.500. The Morgan fingerprint density at radius 3 is 2.24 bits per heavy atom. The topological polar surface area (TPSA) is 57.6 Å². The van der Waals surface area contributed by atoms with Crippen LogP contribution in [0.4, 0.5) is 11.6 Å². The highest BCUT2D eigenvalue weighted by atomic mass is 16.5. The quantitative estimate of drug-likeness (QED) is 0.824. The Bertz CT molecular complexity index is 668. The van der Waals surface area contributed by atoms with E-state index in [2.05, 4.69) is 41.8 Å². The monoisotopic (exact) mass is 340 g/mol. The molecule has 4 rings (SSSR count). The van der Waals surface area contributed by atoms with Gasteiger partial charge in [0.15, 0.2) is 0 Å². The lowest BCUT2D eigenvalue weighted by molar-refractivity contribution is 0.122. The van der Waals surface area contributed by atoms with Gasteiger partial charge in [-0.15, -0.1) is 0 Å². The van der Waals surface area contributed by atoms with Crippen LogP contribution in [0.25, 0.3) is 0 Å². The minimum Gasteiger partial charge on any atom is -0.378 e. The maximum Gasteiger partial charge on any atom is 0.134 e. The molecule has 0 amide bonds. The number of aromatic nitrogens is 3. The lowest BCUT2D eigenvalue weighted by atomic mass is 10.2. The van der Waals surface area contributed by atoms with Gasteiger partial charge >= 0.3 is 0 Å². The highest BCUT2D eigenvalue weighted by Gasteiger charge is 2.20. The van der Waals surface area contributed by atoms with Crippen molar-refractivity contribution >= 4 is 11.6 Å². The smallest absolute Gasteiger partial charge is 0.134 e. The van der Waals surface area contributed by atoms with Gasteiger partial charge < -0.3 is 14.5 Å². The van der Waals surface area contributed by atoms with Crippen molar-refractivity contribution in [1.82, 2.24) is 19.9 Å². The van der Waals surface area contributed by atoms with Crippen molar-refractivity contribution in [3.63, 3.8) is 0 Å².